The van der Waals surface area contributed by atoms with E-state index in [1.54, 1.807) is 23.3 Å². The second-order valence-electron chi connectivity index (χ2n) is 9.56. The van der Waals surface area contributed by atoms with Crippen molar-refractivity contribution in [3.05, 3.63) is 93.2 Å². The Bertz CT molecular complexity index is 1170. The first-order chi connectivity index (χ1) is 17.1. The maximum absolute atomic E-state index is 13.7. The molecule has 2 aromatic carbocycles. The highest BCUT2D eigenvalue weighted by Gasteiger charge is 2.46. The van der Waals surface area contributed by atoms with Crippen LogP contribution in [0, 0.1) is 12.8 Å². The maximum Gasteiger partial charge on any atom is 0.242 e. The molecule has 0 N–H and O–H groups in total. The minimum atomic E-state index is -0.115. The number of rotatable bonds is 8. The van der Waals surface area contributed by atoms with Crippen LogP contribution in [0.15, 0.2) is 66.0 Å². The molecule has 0 spiro atoms. The Morgan fingerprint density at radius 3 is 2.57 bits per heavy atom. The molecule has 2 heterocycles. The minimum absolute atomic E-state index is 0.00575. The first kappa shape index (κ1) is 23.8. The first-order valence-electron chi connectivity index (χ1n) is 12.3. The topological polar surface area (TPSA) is 49.9 Å². The molecule has 2 aliphatic rings. The summed E-state index contributed by atoms with van der Waals surface area (Å²) in [6, 6.07) is 20.7. The van der Waals surface area contributed by atoms with Crippen LogP contribution in [0.25, 0.3) is 0 Å². The molecule has 2 amide bonds. The molecule has 1 fully saturated rings. The lowest BCUT2D eigenvalue weighted by Crippen LogP contribution is -2.47. The van der Waals surface area contributed by atoms with Crippen LogP contribution in [0.4, 0.5) is 0 Å². The molecular weight excluding hydrogens is 456 g/mol. The zero-order chi connectivity index (χ0) is 24.4. The van der Waals surface area contributed by atoms with Gasteiger partial charge >= 0.3 is 0 Å². The number of ether oxygens (including phenoxy) is 1. The summed E-state index contributed by atoms with van der Waals surface area (Å²) in [6.45, 7) is 3.66. The van der Waals surface area contributed by atoms with Crippen LogP contribution in [-0.2, 0) is 20.7 Å². The van der Waals surface area contributed by atoms with Crippen LogP contribution in [0.1, 0.15) is 45.5 Å². The van der Waals surface area contributed by atoms with E-state index in [4.69, 9.17) is 4.74 Å². The van der Waals surface area contributed by atoms with Crippen molar-refractivity contribution in [1.82, 2.24) is 9.80 Å². The monoisotopic (exact) mass is 488 g/mol. The molecule has 1 aliphatic carbocycles. The van der Waals surface area contributed by atoms with Gasteiger partial charge in [0.15, 0.2) is 0 Å². The van der Waals surface area contributed by atoms with E-state index in [-0.39, 0.29) is 36.2 Å². The second-order valence-corrected chi connectivity index (χ2v) is 10.6. The molecule has 0 radical (unpaired) electrons. The number of fused-ring (bicyclic) bond motifs is 1. The summed E-state index contributed by atoms with van der Waals surface area (Å²) in [5.41, 5.74) is 4.72. The lowest BCUT2D eigenvalue weighted by molar-refractivity contribution is -0.143. The summed E-state index contributed by atoms with van der Waals surface area (Å²) < 4.78 is 5.28. The van der Waals surface area contributed by atoms with Crippen LogP contribution < -0.4 is 0 Å². The van der Waals surface area contributed by atoms with Gasteiger partial charge in [-0.25, -0.2) is 0 Å². The van der Waals surface area contributed by atoms with E-state index in [0.717, 1.165) is 18.4 Å². The zero-order valence-corrected chi connectivity index (χ0v) is 21.2. The fraction of sp³-hybridized carbons (Fsp3) is 0.379. The quantitative estimate of drug-likeness (QED) is 0.457. The van der Waals surface area contributed by atoms with Gasteiger partial charge in [-0.1, -0.05) is 60.2 Å². The Balaban J connectivity index is 1.35. The molecule has 0 bridgehead atoms. The maximum atomic E-state index is 13.7. The third kappa shape index (κ3) is 5.04. The molecular formula is C29H32N2O3S. The summed E-state index contributed by atoms with van der Waals surface area (Å²) in [5, 5.41) is 2.12. The number of benzene rings is 2. The summed E-state index contributed by atoms with van der Waals surface area (Å²) in [4.78, 5) is 32.2. The van der Waals surface area contributed by atoms with E-state index in [1.807, 2.05) is 23.1 Å². The third-order valence-corrected chi connectivity index (χ3v) is 8.21. The van der Waals surface area contributed by atoms with Gasteiger partial charge in [-0.2, -0.15) is 0 Å². The highest BCUT2D eigenvalue weighted by molar-refractivity contribution is 7.10. The molecule has 5 nitrogen and oxygen atoms in total. The Kier molecular flexibility index (Phi) is 7.02. The number of thiophene rings is 1. The van der Waals surface area contributed by atoms with Crippen molar-refractivity contribution in [3.8, 4) is 0 Å². The summed E-state index contributed by atoms with van der Waals surface area (Å²) in [7, 11) is 1.63. The summed E-state index contributed by atoms with van der Waals surface area (Å²) >= 11 is 1.76. The average Bonchev–Trinajstić information content (AvgIpc) is 3.55. The van der Waals surface area contributed by atoms with Gasteiger partial charge in [-0.05, 0) is 53.8 Å². The van der Waals surface area contributed by atoms with Crippen molar-refractivity contribution in [3.63, 3.8) is 0 Å². The number of methoxy groups -OCH3 is 1. The fourth-order valence-corrected chi connectivity index (χ4v) is 6.09. The number of hydrogen-bond donors (Lipinski definition) is 0. The van der Waals surface area contributed by atoms with Gasteiger partial charge in [0.25, 0.3) is 0 Å². The van der Waals surface area contributed by atoms with Crippen LogP contribution in [0.3, 0.4) is 0 Å². The van der Waals surface area contributed by atoms with Crippen molar-refractivity contribution in [2.75, 3.05) is 33.4 Å². The van der Waals surface area contributed by atoms with E-state index >= 15 is 0 Å². The minimum Gasteiger partial charge on any atom is -0.383 e. The van der Waals surface area contributed by atoms with E-state index in [2.05, 4.69) is 54.8 Å². The second kappa shape index (κ2) is 10.3. The Morgan fingerprint density at radius 2 is 1.83 bits per heavy atom. The molecule has 1 aliphatic heterocycles. The number of aryl methyl sites for hydroxylation is 1. The van der Waals surface area contributed by atoms with Crippen LogP contribution >= 0.6 is 11.3 Å². The molecule has 3 unspecified atom stereocenters. The molecule has 0 saturated heterocycles. The summed E-state index contributed by atoms with van der Waals surface area (Å²) in [6.07, 6.45) is 1.69. The molecule has 1 saturated carbocycles. The Morgan fingerprint density at radius 1 is 1.06 bits per heavy atom. The molecule has 1 aromatic heterocycles. The van der Waals surface area contributed by atoms with Crippen molar-refractivity contribution < 1.29 is 14.3 Å². The van der Waals surface area contributed by atoms with Gasteiger partial charge in [0.1, 0.15) is 0 Å². The normalized spacial score (nSPS) is 20.9. The predicted molar refractivity (Wildman–Crippen MR) is 139 cm³/mol. The predicted octanol–water partition coefficient (Wildman–Crippen LogP) is 4.81. The molecule has 182 valence electrons. The third-order valence-electron chi connectivity index (χ3n) is 7.22. The molecule has 3 aromatic rings. The highest BCUT2D eigenvalue weighted by Crippen LogP contribution is 2.48. The number of nitrogens with zero attached hydrogens (tertiary/aromatic N) is 2. The lowest BCUT2D eigenvalue weighted by Gasteiger charge is -2.37. The van der Waals surface area contributed by atoms with Gasteiger partial charge in [0, 0.05) is 31.0 Å². The molecule has 35 heavy (non-hydrogen) atoms. The van der Waals surface area contributed by atoms with Gasteiger partial charge in [-0.15, -0.1) is 11.3 Å². The largest absolute Gasteiger partial charge is 0.383 e. The number of amides is 2. The van der Waals surface area contributed by atoms with Gasteiger partial charge in [0.05, 0.1) is 19.2 Å². The molecule has 3 atom stereocenters. The Hall–Kier alpha value is -2.96. The standard InChI is InChI=1S/C29H32N2O3S/c1-20-8-10-22(11-9-20)28-23-13-17-35-26(23)12-14-31(28)27(32)19-30(15-16-34-2)29(33)25-18-24(25)21-6-4-3-5-7-21/h3-11,13,17,24-25,28H,12,14-16,18-19H2,1-2H3. The van der Waals surface area contributed by atoms with E-state index in [9.17, 15) is 9.59 Å². The lowest BCUT2D eigenvalue weighted by atomic mass is 9.92. The van der Waals surface area contributed by atoms with Crippen molar-refractivity contribution >= 4 is 23.2 Å². The van der Waals surface area contributed by atoms with Crippen molar-refractivity contribution in [1.29, 1.82) is 0 Å². The van der Waals surface area contributed by atoms with Crippen molar-refractivity contribution in [2.24, 2.45) is 5.92 Å². The van der Waals surface area contributed by atoms with E-state index in [0.29, 0.717) is 19.7 Å². The SMILES string of the molecule is COCCN(CC(=O)N1CCc2sccc2C1c1ccc(C)cc1)C(=O)C1CC1c1ccccc1. The van der Waals surface area contributed by atoms with E-state index < -0.39 is 0 Å². The van der Waals surface area contributed by atoms with E-state index in [1.165, 1.54) is 21.6 Å². The van der Waals surface area contributed by atoms with Gasteiger partial charge < -0.3 is 14.5 Å². The van der Waals surface area contributed by atoms with Crippen LogP contribution in [0.2, 0.25) is 0 Å². The Labute approximate surface area is 211 Å². The average molecular weight is 489 g/mol. The highest BCUT2D eigenvalue weighted by atomic mass is 32.1. The fourth-order valence-electron chi connectivity index (χ4n) is 5.19. The van der Waals surface area contributed by atoms with Gasteiger partial charge in [0.2, 0.25) is 11.8 Å². The summed E-state index contributed by atoms with van der Waals surface area (Å²) in [5.74, 6) is 0.241. The number of carbonyl (C=O) groups is 2. The van der Waals surface area contributed by atoms with Crippen LogP contribution in [0.5, 0.6) is 0 Å². The van der Waals surface area contributed by atoms with Gasteiger partial charge in [-0.3, -0.25) is 9.59 Å². The number of hydrogen-bond acceptors (Lipinski definition) is 4. The zero-order valence-electron chi connectivity index (χ0n) is 20.4. The van der Waals surface area contributed by atoms with Crippen molar-refractivity contribution in [2.45, 2.75) is 31.7 Å². The molecule has 5 rings (SSSR count). The molecule has 6 heteroatoms. The van der Waals surface area contributed by atoms with Crippen LogP contribution in [-0.4, -0.2) is 55.0 Å². The first-order valence-corrected chi connectivity index (χ1v) is 13.2. The smallest absolute Gasteiger partial charge is 0.242 e. The number of carbonyl (C=O) groups excluding carboxylic acids is 2.